The smallest absolute Gasteiger partial charge is 0.291 e. The third-order valence-electron chi connectivity index (χ3n) is 0.588. The van der Waals surface area contributed by atoms with Crippen molar-refractivity contribution in [2.75, 3.05) is 0 Å². The van der Waals surface area contributed by atoms with Crippen LogP contribution < -0.4 is 0 Å². The highest BCUT2D eigenvalue weighted by molar-refractivity contribution is 5.79. The van der Waals surface area contributed by atoms with Gasteiger partial charge in [0.2, 0.25) is 0 Å². The zero-order valence-electron chi connectivity index (χ0n) is 5.64. The van der Waals surface area contributed by atoms with Gasteiger partial charge in [-0.2, -0.15) is 0 Å². The predicted molar refractivity (Wildman–Crippen MR) is 31.1 cm³/mol. The molecule has 0 saturated heterocycles. The molecule has 0 saturated carbocycles. The van der Waals surface area contributed by atoms with Gasteiger partial charge in [0, 0.05) is 0 Å². The van der Waals surface area contributed by atoms with E-state index >= 15 is 0 Å². The highest BCUT2D eigenvalue weighted by atomic mass is 16.9. The van der Waals surface area contributed by atoms with Gasteiger partial charge in [0.1, 0.15) is 6.10 Å². The van der Waals surface area contributed by atoms with Crippen molar-refractivity contribution in [3.8, 4) is 0 Å². The van der Waals surface area contributed by atoms with Gasteiger partial charge in [-0.3, -0.25) is 4.79 Å². The number of nitrogens with zero attached hydrogens (tertiary/aromatic N) is 1. The zero-order valence-corrected chi connectivity index (χ0v) is 5.64. The van der Waals surface area contributed by atoms with E-state index in [1.165, 1.54) is 13.8 Å². The molecule has 10 heavy (non-hydrogen) atoms. The van der Waals surface area contributed by atoms with Crippen molar-refractivity contribution in [2.45, 2.75) is 20.0 Å². The normalized spacial score (nSPS) is 10.7. The Bertz CT molecular complexity index is 117. The summed E-state index contributed by atoms with van der Waals surface area (Å²) in [5.41, 5.74) is 0. The highest BCUT2D eigenvalue weighted by Crippen LogP contribution is 1.76. The molecule has 1 unspecified atom stereocenters. The second-order valence-electron chi connectivity index (χ2n) is 1.52. The average molecular weight is 151 g/mol. The predicted octanol–water partition coefficient (Wildman–Crippen LogP) is -0.392. The van der Waals surface area contributed by atoms with E-state index in [-0.39, 0.29) is 5.78 Å². The number of aliphatic hydroxyl groups excluding tert-OH is 1. The Labute approximate surface area is 57.2 Å². The fourth-order valence-electron chi connectivity index (χ4n) is 0. The molecule has 0 radical (unpaired) electrons. The lowest BCUT2D eigenvalue weighted by molar-refractivity contribution is -0.742. The summed E-state index contributed by atoms with van der Waals surface area (Å²) in [5, 5.41) is 21.9. The van der Waals surface area contributed by atoms with Crippen LogP contribution in [0.25, 0.3) is 0 Å². The van der Waals surface area contributed by atoms with Crippen LogP contribution in [-0.2, 0) is 4.79 Å². The first-order valence-electron chi connectivity index (χ1n) is 2.39. The number of rotatable bonds is 1. The lowest BCUT2D eigenvalue weighted by atomic mass is 10.3. The van der Waals surface area contributed by atoms with Crippen molar-refractivity contribution in [1.29, 1.82) is 0 Å². The summed E-state index contributed by atoms with van der Waals surface area (Å²) in [7, 11) is 0. The molecule has 0 aliphatic heterocycles. The number of ketones is 1. The molecule has 0 fully saturated rings. The molecular formula is C4H9NO5. The van der Waals surface area contributed by atoms with Crippen LogP contribution in [0, 0.1) is 10.1 Å². The number of carbonyl (C=O) groups is 1. The molecular weight excluding hydrogens is 142 g/mol. The second-order valence-corrected chi connectivity index (χ2v) is 1.52. The number of aliphatic hydroxyl groups is 1. The van der Waals surface area contributed by atoms with Crippen LogP contribution in [-0.4, -0.2) is 27.3 Å². The summed E-state index contributed by atoms with van der Waals surface area (Å²) in [4.78, 5) is 18.3. The Morgan fingerprint density at radius 3 is 1.80 bits per heavy atom. The summed E-state index contributed by atoms with van der Waals surface area (Å²) in [6, 6.07) is 0. The molecule has 6 nitrogen and oxygen atoms in total. The van der Waals surface area contributed by atoms with Gasteiger partial charge in [-0.05, 0) is 13.8 Å². The summed E-state index contributed by atoms with van der Waals surface area (Å²) >= 11 is 0. The van der Waals surface area contributed by atoms with Crippen LogP contribution in [0.4, 0.5) is 0 Å². The van der Waals surface area contributed by atoms with Gasteiger partial charge in [0.05, 0.1) is 0 Å². The van der Waals surface area contributed by atoms with Crippen LogP contribution in [0.15, 0.2) is 0 Å². The van der Waals surface area contributed by atoms with Gasteiger partial charge in [-0.1, -0.05) is 0 Å². The maximum absolute atomic E-state index is 9.89. The van der Waals surface area contributed by atoms with E-state index in [0.29, 0.717) is 0 Å². The Morgan fingerprint density at radius 1 is 1.70 bits per heavy atom. The molecule has 0 bridgehead atoms. The molecule has 60 valence electrons. The van der Waals surface area contributed by atoms with E-state index in [2.05, 4.69) is 0 Å². The lowest BCUT2D eigenvalue weighted by Gasteiger charge is -1.90. The molecule has 0 aliphatic carbocycles. The molecule has 0 aromatic heterocycles. The van der Waals surface area contributed by atoms with Crippen molar-refractivity contribution in [2.24, 2.45) is 0 Å². The SMILES string of the molecule is CC(=O)C(C)O.O=[N+]([O-])O. The Hall–Kier alpha value is -1.17. The molecule has 0 aromatic carbocycles. The van der Waals surface area contributed by atoms with Crippen LogP contribution in [0.1, 0.15) is 13.8 Å². The zero-order chi connectivity index (χ0) is 8.73. The molecule has 1 atom stereocenters. The van der Waals surface area contributed by atoms with Crippen molar-refractivity contribution < 1.29 is 20.2 Å². The van der Waals surface area contributed by atoms with Crippen molar-refractivity contribution in [1.82, 2.24) is 0 Å². The Morgan fingerprint density at radius 2 is 1.80 bits per heavy atom. The molecule has 2 N–H and O–H groups in total. The second kappa shape index (κ2) is 5.96. The van der Waals surface area contributed by atoms with Gasteiger partial charge in [0.15, 0.2) is 5.78 Å². The Kier molecular flexibility index (Phi) is 6.91. The molecule has 6 heteroatoms. The minimum atomic E-state index is -1.50. The van der Waals surface area contributed by atoms with E-state index in [1.807, 2.05) is 0 Å². The number of hydrogen-bond donors (Lipinski definition) is 2. The Balaban J connectivity index is 0. The lowest BCUT2D eigenvalue weighted by Crippen LogP contribution is -2.10. The number of hydrogen-bond acceptors (Lipinski definition) is 4. The van der Waals surface area contributed by atoms with Crippen LogP contribution in [0.3, 0.4) is 0 Å². The number of Topliss-reactive ketones (excluding diaryl/α,β-unsaturated/α-hetero) is 1. The van der Waals surface area contributed by atoms with Gasteiger partial charge < -0.3 is 10.3 Å². The quantitative estimate of drug-likeness (QED) is 0.392. The van der Waals surface area contributed by atoms with E-state index in [0.717, 1.165) is 0 Å². The summed E-state index contributed by atoms with van der Waals surface area (Å²) in [6.07, 6.45) is -0.787. The summed E-state index contributed by atoms with van der Waals surface area (Å²) in [6.45, 7) is 2.80. The summed E-state index contributed by atoms with van der Waals surface area (Å²) < 4.78 is 0. The first-order chi connectivity index (χ1) is 4.37. The average Bonchev–Trinajstić information content (AvgIpc) is 1.63. The third kappa shape index (κ3) is 29.0. The first kappa shape index (κ1) is 11.6. The standard InChI is InChI=1S/C4H8O2.HNO3/c1-3(5)4(2)6;2-1(3)4/h3,5H,1-2H3;(H,2,3,4). The van der Waals surface area contributed by atoms with E-state index < -0.39 is 11.2 Å². The van der Waals surface area contributed by atoms with E-state index in [1.54, 1.807) is 0 Å². The first-order valence-corrected chi connectivity index (χ1v) is 2.39. The minimum Gasteiger partial charge on any atom is -0.386 e. The molecule has 0 aliphatic rings. The van der Waals surface area contributed by atoms with Gasteiger partial charge >= 0.3 is 0 Å². The third-order valence-corrected chi connectivity index (χ3v) is 0.588. The largest absolute Gasteiger partial charge is 0.386 e. The monoisotopic (exact) mass is 151 g/mol. The van der Waals surface area contributed by atoms with Crippen LogP contribution in [0.5, 0.6) is 0 Å². The van der Waals surface area contributed by atoms with Gasteiger partial charge in [-0.25, -0.2) is 0 Å². The van der Waals surface area contributed by atoms with Crippen molar-refractivity contribution in [3.05, 3.63) is 10.1 Å². The maximum Gasteiger partial charge on any atom is 0.291 e. The molecule has 0 spiro atoms. The van der Waals surface area contributed by atoms with Gasteiger partial charge in [-0.15, -0.1) is 10.1 Å². The van der Waals surface area contributed by atoms with Gasteiger partial charge in [0.25, 0.3) is 5.09 Å². The minimum absolute atomic E-state index is 0.185. The van der Waals surface area contributed by atoms with Crippen LogP contribution >= 0.6 is 0 Å². The van der Waals surface area contributed by atoms with Crippen molar-refractivity contribution >= 4 is 5.78 Å². The topological polar surface area (TPSA) is 101 Å². The molecule has 0 aromatic rings. The maximum atomic E-state index is 9.89. The van der Waals surface area contributed by atoms with Crippen LogP contribution in [0.2, 0.25) is 0 Å². The van der Waals surface area contributed by atoms with Crippen molar-refractivity contribution in [3.63, 3.8) is 0 Å². The number of carbonyl (C=O) groups excluding carboxylic acids is 1. The summed E-state index contributed by atoms with van der Waals surface area (Å²) in [5.74, 6) is -0.185. The fourth-order valence-corrected chi connectivity index (χ4v) is 0. The highest BCUT2D eigenvalue weighted by Gasteiger charge is 1.97. The molecule has 0 rings (SSSR count). The molecule has 0 heterocycles. The molecule has 0 amide bonds. The fraction of sp³-hybridized carbons (Fsp3) is 0.750. The van der Waals surface area contributed by atoms with E-state index in [9.17, 15) is 4.79 Å². The van der Waals surface area contributed by atoms with E-state index in [4.69, 9.17) is 20.4 Å².